The van der Waals surface area contributed by atoms with E-state index in [0.29, 0.717) is 18.2 Å². The first-order chi connectivity index (χ1) is 9.60. The van der Waals surface area contributed by atoms with E-state index < -0.39 is 0 Å². The molecule has 1 heterocycles. The van der Waals surface area contributed by atoms with Gasteiger partial charge in [-0.15, -0.1) is 0 Å². The Morgan fingerprint density at radius 2 is 2.40 bits per heavy atom. The van der Waals surface area contributed by atoms with Crippen LogP contribution in [0.1, 0.15) is 17.3 Å². The van der Waals surface area contributed by atoms with Gasteiger partial charge < -0.3 is 15.2 Å². The number of morpholine rings is 1. The van der Waals surface area contributed by atoms with Gasteiger partial charge in [0.2, 0.25) is 0 Å². The number of halogens is 1. The van der Waals surface area contributed by atoms with E-state index in [9.17, 15) is 9.90 Å². The smallest absolute Gasteiger partial charge is 0.255 e. The molecule has 1 aliphatic rings. The summed E-state index contributed by atoms with van der Waals surface area (Å²) in [6, 6.07) is 4.40. The lowest BCUT2D eigenvalue weighted by atomic mass is 10.2. The van der Waals surface area contributed by atoms with Crippen LogP contribution in [0.4, 0.5) is 0 Å². The third kappa shape index (κ3) is 3.85. The maximum absolute atomic E-state index is 12.0. The normalized spacial score (nSPS) is 19.8. The average Bonchev–Trinajstić information content (AvgIpc) is 2.47. The first-order valence-electron chi connectivity index (χ1n) is 6.70. The van der Waals surface area contributed by atoms with Gasteiger partial charge in [0, 0.05) is 24.7 Å². The van der Waals surface area contributed by atoms with E-state index in [1.165, 1.54) is 18.2 Å². The highest BCUT2D eigenvalue weighted by Gasteiger charge is 2.20. The van der Waals surface area contributed by atoms with Gasteiger partial charge in [-0.3, -0.25) is 9.69 Å². The largest absolute Gasteiger partial charge is 0.507 e. The highest BCUT2D eigenvalue weighted by molar-refractivity contribution is 6.31. The number of hydrogen-bond donors (Lipinski definition) is 2. The van der Waals surface area contributed by atoms with Crippen LogP contribution in [-0.4, -0.2) is 54.8 Å². The third-order valence-corrected chi connectivity index (χ3v) is 3.60. The van der Waals surface area contributed by atoms with Gasteiger partial charge in [0.25, 0.3) is 5.91 Å². The summed E-state index contributed by atoms with van der Waals surface area (Å²) in [5.74, 6) is -0.422. The first kappa shape index (κ1) is 15.1. The van der Waals surface area contributed by atoms with E-state index in [1.54, 1.807) is 0 Å². The molecule has 1 saturated heterocycles. The molecule has 0 aromatic heterocycles. The van der Waals surface area contributed by atoms with Gasteiger partial charge in [-0.2, -0.15) is 0 Å². The average molecular weight is 299 g/mol. The number of benzene rings is 1. The number of phenolic OH excluding ortho intramolecular Hbond substituents is 1. The minimum Gasteiger partial charge on any atom is -0.507 e. The molecule has 1 aromatic rings. The number of amides is 1. The van der Waals surface area contributed by atoms with Gasteiger partial charge in [0.05, 0.1) is 18.3 Å². The van der Waals surface area contributed by atoms with Crippen LogP contribution in [0.3, 0.4) is 0 Å². The van der Waals surface area contributed by atoms with Crippen molar-refractivity contribution in [2.45, 2.75) is 13.0 Å². The van der Waals surface area contributed by atoms with E-state index in [2.05, 4.69) is 17.1 Å². The van der Waals surface area contributed by atoms with Gasteiger partial charge in [-0.1, -0.05) is 18.5 Å². The summed E-state index contributed by atoms with van der Waals surface area (Å²) >= 11 is 5.83. The Hall–Kier alpha value is -1.30. The maximum Gasteiger partial charge on any atom is 0.255 e. The molecule has 0 saturated carbocycles. The molecule has 0 aliphatic carbocycles. The van der Waals surface area contributed by atoms with Crippen molar-refractivity contribution in [2.75, 3.05) is 32.8 Å². The van der Waals surface area contributed by atoms with Crippen molar-refractivity contribution in [1.29, 1.82) is 0 Å². The molecule has 1 unspecified atom stereocenters. The van der Waals surface area contributed by atoms with Crippen molar-refractivity contribution in [1.82, 2.24) is 10.2 Å². The molecule has 0 spiro atoms. The minimum absolute atomic E-state index is 0.0195. The van der Waals surface area contributed by atoms with Crippen LogP contribution >= 0.6 is 11.6 Å². The van der Waals surface area contributed by atoms with Gasteiger partial charge in [0.15, 0.2) is 0 Å². The molecule has 1 aromatic carbocycles. The predicted molar refractivity (Wildman–Crippen MR) is 77.3 cm³/mol. The number of ether oxygens (including phenoxy) is 1. The number of nitrogens with one attached hydrogen (secondary N) is 1. The Labute approximate surface area is 123 Å². The number of phenols is 1. The van der Waals surface area contributed by atoms with Crippen LogP contribution in [-0.2, 0) is 4.74 Å². The third-order valence-electron chi connectivity index (χ3n) is 3.36. The quantitative estimate of drug-likeness (QED) is 0.884. The van der Waals surface area contributed by atoms with E-state index in [-0.39, 0.29) is 23.3 Å². The first-order valence-corrected chi connectivity index (χ1v) is 7.08. The Balaban J connectivity index is 1.90. The van der Waals surface area contributed by atoms with Crippen molar-refractivity contribution in [3.8, 4) is 5.75 Å². The van der Waals surface area contributed by atoms with Crippen LogP contribution < -0.4 is 5.32 Å². The fraction of sp³-hybridized carbons (Fsp3) is 0.500. The fourth-order valence-corrected chi connectivity index (χ4v) is 2.36. The maximum atomic E-state index is 12.0. The molecule has 0 bridgehead atoms. The van der Waals surface area contributed by atoms with Crippen molar-refractivity contribution in [2.24, 2.45) is 0 Å². The van der Waals surface area contributed by atoms with E-state index in [4.69, 9.17) is 16.3 Å². The fourth-order valence-electron chi connectivity index (χ4n) is 2.18. The van der Waals surface area contributed by atoms with Crippen LogP contribution in [0.5, 0.6) is 5.75 Å². The van der Waals surface area contributed by atoms with Gasteiger partial charge in [-0.05, 0) is 24.7 Å². The topological polar surface area (TPSA) is 61.8 Å². The molecule has 0 radical (unpaired) electrons. The standard InChI is InChI=1S/C14H19ClN2O3/c1-2-17-5-6-20-11(9-17)8-16-14(19)12-7-10(15)3-4-13(12)18/h3-4,7,11,18H,2,5-6,8-9H2,1H3,(H,16,19). The zero-order chi connectivity index (χ0) is 14.5. The summed E-state index contributed by atoms with van der Waals surface area (Å²) < 4.78 is 5.61. The molecule has 5 nitrogen and oxygen atoms in total. The zero-order valence-corrected chi connectivity index (χ0v) is 12.2. The molecular formula is C14H19ClN2O3. The number of nitrogens with zero attached hydrogens (tertiary/aromatic N) is 1. The summed E-state index contributed by atoms with van der Waals surface area (Å²) in [4.78, 5) is 14.3. The molecule has 110 valence electrons. The SMILES string of the molecule is CCN1CCOC(CNC(=O)c2cc(Cl)ccc2O)C1. The van der Waals surface area contributed by atoms with Gasteiger partial charge in [0.1, 0.15) is 5.75 Å². The second-order valence-electron chi connectivity index (χ2n) is 4.76. The molecule has 2 rings (SSSR count). The predicted octanol–water partition coefficient (Wildman–Crippen LogP) is 1.50. The summed E-state index contributed by atoms with van der Waals surface area (Å²) in [5, 5.41) is 12.9. The number of rotatable bonds is 4. The lowest BCUT2D eigenvalue weighted by Gasteiger charge is -2.32. The lowest BCUT2D eigenvalue weighted by molar-refractivity contribution is -0.0246. The molecule has 20 heavy (non-hydrogen) atoms. The van der Waals surface area contributed by atoms with Crippen LogP contribution in [0.2, 0.25) is 5.02 Å². The van der Waals surface area contributed by atoms with Gasteiger partial charge in [-0.25, -0.2) is 0 Å². The summed E-state index contributed by atoms with van der Waals surface area (Å²) in [6.45, 7) is 5.90. The number of carbonyl (C=O) groups excluding carboxylic acids is 1. The summed E-state index contributed by atoms with van der Waals surface area (Å²) in [7, 11) is 0. The van der Waals surface area contributed by atoms with Crippen LogP contribution in [0, 0.1) is 0 Å². The van der Waals surface area contributed by atoms with Crippen molar-refractivity contribution >= 4 is 17.5 Å². The lowest BCUT2D eigenvalue weighted by Crippen LogP contribution is -2.47. The van der Waals surface area contributed by atoms with Crippen LogP contribution in [0.15, 0.2) is 18.2 Å². The van der Waals surface area contributed by atoms with Crippen molar-refractivity contribution in [3.05, 3.63) is 28.8 Å². The van der Waals surface area contributed by atoms with E-state index in [0.717, 1.165) is 19.6 Å². The molecule has 1 fully saturated rings. The molecule has 2 N–H and O–H groups in total. The highest BCUT2D eigenvalue weighted by Crippen LogP contribution is 2.21. The summed E-state index contributed by atoms with van der Waals surface area (Å²) in [6.07, 6.45) is -0.0195. The van der Waals surface area contributed by atoms with E-state index >= 15 is 0 Å². The molecule has 1 aliphatic heterocycles. The molecule has 1 atom stereocenters. The summed E-state index contributed by atoms with van der Waals surface area (Å²) in [5.41, 5.74) is 0.181. The number of aromatic hydroxyl groups is 1. The van der Waals surface area contributed by atoms with Gasteiger partial charge >= 0.3 is 0 Å². The zero-order valence-electron chi connectivity index (χ0n) is 11.4. The Morgan fingerprint density at radius 1 is 1.60 bits per heavy atom. The highest BCUT2D eigenvalue weighted by atomic mass is 35.5. The molecule has 6 heteroatoms. The Bertz CT molecular complexity index is 481. The Morgan fingerprint density at radius 3 is 3.15 bits per heavy atom. The molecule has 1 amide bonds. The second kappa shape index (κ2) is 6.92. The monoisotopic (exact) mass is 298 g/mol. The Kier molecular flexibility index (Phi) is 5.23. The number of carbonyl (C=O) groups is 1. The second-order valence-corrected chi connectivity index (χ2v) is 5.19. The van der Waals surface area contributed by atoms with Crippen molar-refractivity contribution < 1.29 is 14.6 Å². The number of likely N-dealkylation sites (N-methyl/N-ethyl adjacent to an activating group) is 1. The van der Waals surface area contributed by atoms with Crippen molar-refractivity contribution in [3.63, 3.8) is 0 Å². The van der Waals surface area contributed by atoms with E-state index in [1.807, 2.05) is 0 Å². The van der Waals surface area contributed by atoms with Crippen LogP contribution in [0.25, 0.3) is 0 Å². The molecular weight excluding hydrogens is 280 g/mol. The number of hydrogen-bond acceptors (Lipinski definition) is 4. The minimum atomic E-state index is -0.345.